The third-order valence-corrected chi connectivity index (χ3v) is 7.29. The van der Waals surface area contributed by atoms with Crippen molar-refractivity contribution in [1.29, 1.82) is 0 Å². The Labute approximate surface area is 139 Å². The van der Waals surface area contributed by atoms with Crippen molar-refractivity contribution in [3.63, 3.8) is 0 Å². The van der Waals surface area contributed by atoms with Crippen LogP contribution < -0.4 is 4.74 Å². The van der Waals surface area contributed by atoms with Gasteiger partial charge in [-0.25, -0.2) is 0 Å². The minimum absolute atomic E-state index is 0.115. The molecule has 3 aliphatic rings. The monoisotopic (exact) mass is 312 g/mol. The Morgan fingerprint density at radius 3 is 2.87 bits per heavy atom. The Morgan fingerprint density at radius 1 is 1.30 bits per heavy atom. The number of hydrogen-bond donors (Lipinski definition) is 1. The maximum absolute atomic E-state index is 10.6. The molecule has 0 amide bonds. The molecule has 124 valence electrons. The summed E-state index contributed by atoms with van der Waals surface area (Å²) in [4.78, 5) is 0. The van der Waals surface area contributed by atoms with Gasteiger partial charge < -0.3 is 9.84 Å². The van der Waals surface area contributed by atoms with Crippen LogP contribution in [0, 0.1) is 23.2 Å². The van der Waals surface area contributed by atoms with E-state index in [0.29, 0.717) is 23.7 Å². The van der Waals surface area contributed by atoms with Crippen LogP contribution >= 0.6 is 0 Å². The number of allylic oxidation sites excluding steroid dienone is 1. The van der Waals surface area contributed by atoms with Gasteiger partial charge in [-0.05, 0) is 84.5 Å². The Bertz CT molecular complexity index is 622. The van der Waals surface area contributed by atoms with Gasteiger partial charge >= 0.3 is 0 Å². The van der Waals surface area contributed by atoms with Gasteiger partial charge in [-0.2, -0.15) is 0 Å². The smallest absolute Gasteiger partial charge is 0.119 e. The van der Waals surface area contributed by atoms with Crippen LogP contribution in [0.25, 0.3) is 0 Å². The van der Waals surface area contributed by atoms with Gasteiger partial charge in [0.2, 0.25) is 0 Å². The zero-order valence-corrected chi connectivity index (χ0v) is 14.3. The van der Waals surface area contributed by atoms with E-state index in [9.17, 15) is 5.11 Å². The second kappa shape index (κ2) is 5.37. The summed E-state index contributed by atoms with van der Waals surface area (Å²) in [6, 6.07) is 6.62. The molecule has 2 heteroatoms. The average Bonchev–Trinajstić information content (AvgIpc) is 2.88. The zero-order valence-electron chi connectivity index (χ0n) is 14.3. The lowest BCUT2D eigenvalue weighted by atomic mass is 9.52. The molecule has 0 unspecified atom stereocenters. The Hall–Kier alpha value is -1.28. The van der Waals surface area contributed by atoms with Crippen LogP contribution in [0.4, 0.5) is 0 Å². The van der Waals surface area contributed by atoms with Crippen molar-refractivity contribution in [2.45, 2.75) is 51.0 Å². The van der Waals surface area contributed by atoms with E-state index in [1.54, 1.807) is 7.11 Å². The number of aliphatic hydroxyl groups is 1. The highest BCUT2D eigenvalue weighted by Gasteiger charge is 2.56. The zero-order chi connectivity index (χ0) is 16.2. The number of fused-ring (bicyclic) bond motifs is 5. The number of benzene rings is 1. The summed E-state index contributed by atoms with van der Waals surface area (Å²) in [5, 5.41) is 10.6. The lowest BCUT2D eigenvalue weighted by Crippen LogP contribution is -2.46. The molecule has 0 radical (unpaired) electrons. The minimum atomic E-state index is -0.115. The van der Waals surface area contributed by atoms with Crippen LogP contribution in [0.1, 0.15) is 49.7 Å². The van der Waals surface area contributed by atoms with Crippen molar-refractivity contribution in [2.75, 3.05) is 7.11 Å². The third-order valence-electron chi connectivity index (χ3n) is 7.29. The molecule has 3 aliphatic carbocycles. The maximum atomic E-state index is 10.6. The lowest BCUT2D eigenvalue weighted by Gasteiger charge is -2.52. The van der Waals surface area contributed by atoms with Crippen molar-refractivity contribution in [3.8, 4) is 5.75 Å². The molecular formula is C21H28O2. The summed E-state index contributed by atoms with van der Waals surface area (Å²) < 4.78 is 5.43. The first kappa shape index (κ1) is 15.3. The first-order chi connectivity index (χ1) is 11.1. The first-order valence-corrected chi connectivity index (χ1v) is 9.06. The molecule has 0 bridgehead atoms. The number of aliphatic hydroxyl groups excluding tert-OH is 1. The van der Waals surface area contributed by atoms with Gasteiger partial charge in [0.25, 0.3) is 0 Å². The van der Waals surface area contributed by atoms with Gasteiger partial charge in [-0.3, -0.25) is 0 Å². The van der Waals surface area contributed by atoms with Crippen molar-refractivity contribution in [1.82, 2.24) is 0 Å². The molecule has 0 aliphatic heterocycles. The molecule has 2 fully saturated rings. The molecule has 1 aromatic rings. The summed E-state index contributed by atoms with van der Waals surface area (Å²) in [6.45, 7) is 6.48. The van der Waals surface area contributed by atoms with E-state index >= 15 is 0 Å². The van der Waals surface area contributed by atoms with Crippen LogP contribution in [-0.2, 0) is 6.42 Å². The molecule has 0 heterocycles. The summed E-state index contributed by atoms with van der Waals surface area (Å²) >= 11 is 0. The second-order valence-electron chi connectivity index (χ2n) is 8.10. The highest BCUT2D eigenvalue weighted by atomic mass is 16.5. The van der Waals surface area contributed by atoms with Crippen molar-refractivity contribution in [2.24, 2.45) is 23.2 Å². The summed E-state index contributed by atoms with van der Waals surface area (Å²) in [6.07, 6.45) is 7.62. The molecule has 4 rings (SSSR count). The first-order valence-electron chi connectivity index (χ1n) is 9.06. The van der Waals surface area contributed by atoms with Gasteiger partial charge in [0.05, 0.1) is 13.2 Å². The van der Waals surface area contributed by atoms with E-state index in [-0.39, 0.29) is 11.5 Å². The topological polar surface area (TPSA) is 29.5 Å². The van der Waals surface area contributed by atoms with E-state index in [1.807, 2.05) is 0 Å². The van der Waals surface area contributed by atoms with Gasteiger partial charge in [-0.1, -0.05) is 19.1 Å². The fraction of sp³-hybridized carbons (Fsp3) is 0.619. The van der Waals surface area contributed by atoms with E-state index < -0.39 is 0 Å². The molecule has 23 heavy (non-hydrogen) atoms. The fourth-order valence-corrected chi connectivity index (χ4v) is 6.01. The molecule has 2 nitrogen and oxygen atoms in total. The normalized spacial score (nSPS) is 41.6. The van der Waals surface area contributed by atoms with Gasteiger partial charge in [-0.15, -0.1) is 6.58 Å². The molecule has 1 aromatic carbocycles. The van der Waals surface area contributed by atoms with Gasteiger partial charge in [0.15, 0.2) is 0 Å². The minimum Gasteiger partial charge on any atom is -0.497 e. The summed E-state index contributed by atoms with van der Waals surface area (Å²) in [5.74, 6) is 3.38. The molecule has 6 atom stereocenters. The van der Waals surface area contributed by atoms with E-state index in [4.69, 9.17) is 4.74 Å². The van der Waals surface area contributed by atoms with Gasteiger partial charge in [0.1, 0.15) is 5.75 Å². The number of methoxy groups -OCH3 is 1. The predicted octanol–water partition coefficient (Wildman–Crippen LogP) is 4.32. The summed E-state index contributed by atoms with van der Waals surface area (Å²) in [5.41, 5.74) is 3.09. The lowest BCUT2D eigenvalue weighted by molar-refractivity contribution is -0.0319. The standard InChI is InChI=1S/C21H28O2/c1-4-13-11-14-12-15(23-3)5-6-16(14)17-9-10-21(2)18(20(13)17)7-8-19(21)22/h4-6,12-13,17-20,22H,1,7-11H2,2-3H3/t13-,17-,18-,19-,20-,21+/m1/s1. The number of hydrogen-bond acceptors (Lipinski definition) is 2. The van der Waals surface area contributed by atoms with E-state index in [1.165, 1.54) is 24.0 Å². The predicted molar refractivity (Wildman–Crippen MR) is 92.7 cm³/mol. The third kappa shape index (κ3) is 2.11. The van der Waals surface area contributed by atoms with Crippen LogP contribution in [0.15, 0.2) is 30.9 Å². The fourth-order valence-electron chi connectivity index (χ4n) is 6.01. The van der Waals surface area contributed by atoms with Crippen LogP contribution in [-0.4, -0.2) is 18.3 Å². The van der Waals surface area contributed by atoms with Crippen molar-refractivity contribution in [3.05, 3.63) is 42.0 Å². The Morgan fingerprint density at radius 2 is 2.13 bits per heavy atom. The maximum Gasteiger partial charge on any atom is 0.119 e. The molecule has 1 N–H and O–H groups in total. The van der Waals surface area contributed by atoms with Crippen LogP contribution in [0.2, 0.25) is 0 Å². The molecule has 0 saturated heterocycles. The largest absolute Gasteiger partial charge is 0.497 e. The Kier molecular flexibility index (Phi) is 3.57. The molecule has 2 saturated carbocycles. The second-order valence-corrected chi connectivity index (χ2v) is 8.10. The number of rotatable bonds is 2. The molecular weight excluding hydrogens is 284 g/mol. The van der Waals surface area contributed by atoms with Crippen molar-refractivity contribution < 1.29 is 9.84 Å². The average molecular weight is 312 g/mol. The van der Waals surface area contributed by atoms with Crippen LogP contribution in [0.3, 0.4) is 0 Å². The Balaban J connectivity index is 1.77. The van der Waals surface area contributed by atoms with E-state index in [2.05, 4.69) is 37.8 Å². The van der Waals surface area contributed by atoms with Crippen molar-refractivity contribution >= 4 is 0 Å². The number of ether oxygens (including phenoxy) is 1. The quantitative estimate of drug-likeness (QED) is 0.824. The molecule has 0 spiro atoms. The van der Waals surface area contributed by atoms with Crippen LogP contribution in [0.5, 0.6) is 5.75 Å². The SMILES string of the molecule is C=C[C@@H]1Cc2cc(OC)ccc2[C@H]2CC[C@]3(C)[C@H](O)CC[C@@H]3[C@H]12. The van der Waals surface area contributed by atoms with Gasteiger partial charge in [0, 0.05) is 0 Å². The highest BCUT2D eigenvalue weighted by molar-refractivity contribution is 5.41. The van der Waals surface area contributed by atoms with E-state index in [0.717, 1.165) is 25.0 Å². The highest BCUT2D eigenvalue weighted by Crippen LogP contribution is 2.62. The summed E-state index contributed by atoms with van der Waals surface area (Å²) in [7, 11) is 1.74. The molecule has 0 aromatic heterocycles.